The van der Waals surface area contributed by atoms with Crippen LogP contribution in [0.15, 0.2) is 35.1 Å². The molecule has 0 atom stereocenters. The number of halogens is 2. The minimum Gasteiger partial charge on any atom is -0.292 e. The summed E-state index contributed by atoms with van der Waals surface area (Å²) in [5, 5.41) is 0.917. The summed E-state index contributed by atoms with van der Waals surface area (Å²) in [6, 6.07) is 8.72. The predicted molar refractivity (Wildman–Crippen MR) is 73.4 cm³/mol. The van der Waals surface area contributed by atoms with E-state index < -0.39 is 0 Å². The molecule has 2 aromatic rings. The average Bonchev–Trinajstić information content (AvgIpc) is 2.34. The molecule has 3 nitrogen and oxygen atoms in total. The Morgan fingerprint density at radius 1 is 1.22 bits per heavy atom. The molecule has 0 aliphatic carbocycles. The first kappa shape index (κ1) is 13.1. The molecule has 2 rings (SSSR count). The topological polar surface area (TPSA) is 34.9 Å². The Morgan fingerprint density at radius 3 is 2.50 bits per heavy atom. The van der Waals surface area contributed by atoms with Crippen LogP contribution in [0.3, 0.4) is 0 Å². The lowest BCUT2D eigenvalue weighted by molar-refractivity contribution is 0.674. The van der Waals surface area contributed by atoms with Gasteiger partial charge in [0.2, 0.25) is 0 Å². The zero-order chi connectivity index (χ0) is 13.1. The molecule has 0 amide bonds. The van der Waals surface area contributed by atoms with E-state index in [-0.39, 0.29) is 10.7 Å². The van der Waals surface area contributed by atoms with Crippen molar-refractivity contribution in [2.45, 2.75) is 19.9 Å². The Bertz CT molecular complexity index is 605. The van der Waals surface area contributed by atoms with Crippen LogP contribution in [0, 0.1) is 0 Å². The van der Waals surface area contributed by atoms with Crippen LogP contribution in [0.25, 0.3) is 0 Å². The van der Waals surface area contributed by atoms with Crippen molar-refractivity contribution in [3.63, 3.8) is 0 Å². The monoisotopic (exact) mass is 282 g/mol. The molecule has 0 aliphatic rings. The van der Waals surface area contributed by atoms with E-state index in [2.05, 4.69) is 4.98 Å². The van der Waals surface area contributed by atoms with Crippen molar-refractivity contribution in [3.05, 3.63) is 62.2 Å². The number of aromatic nitrogens is 2. The Morgan fingerprint density at radius 2 is 1.89 bits per heavy atom. The molecule has 18 heavy (non-hydrogen) atoms. The van der Waals surface area contributed by atoms with Gasteiger partial charge in [-0.3, -0.25) is 9.36 Å². The fourth-order valence-electron chi connectivity index (χ4n) is 1.73. The molecular weight excluding hydrogens is 271 g/mol. The summed E-state index contributed by atoms with van der Waals surface area (Å²) in [5.41, 5.74) is 0.863. The molecule has 1 heterocycles. The Hall–Kier alpha value is -1.32. The summed E-state index contributed by atoms with van der Waals surface area (Å²) in [5.74, 6) is 0.683. The zero-order valence-electron chi connectivity index (χ0n) is 9.86. The van der Waals surface area contributed by atoms with Crippen molar-refractivity contribution in [2.24, 2.45) is 0 Å². The standard InChI is InChI=1S/C13H12Cl2N2O/c1-2-12-16-11(15)7-13(18)17(12)8-9-3-5-10(14)6-4-9/h3-7H,2,8H2,1H3. The number of rotatable bonds is 3. The van der Waals surface area contributed by atoms with Crippen LogP contribution >= 0.6 is 23.2 Å². The van der Waals surface area contributed by atoms with Crippen LogP contribution in [0.2, 0.25) is 10.2 Å². The van der Waals surface area contributed by atoms with Crippen molar-refractivity contribution in [2.75, 3.05) is 0 Å². The van der Waals surface area contributed by atoms with Gasteiger partial charge in [0, 0.05) is 17.5 Å². The molecule has 0 saturated heterocycles. The van der Waals surface area contributed by atoms with Crippen molar-refractivity contribution >= 4 is 23.2 Å². The number of benzene rings is 1. The van der Waals surface area contributed by atoms with Crippen LogP contribution in [0.5, 0.6) is 0 Å². The average molecular weight is 283 g/mol. The fourth-order valence-corrected chi connectivity index (χ4v) is 2.05. The summed E-state index contributed by atoms with van der Waals surface area (Å²) in [6.07, 6.45) is 0.656. The summed E-state index contributed by atoms with van der Waals surface area (Å²) in [7, 11) is 0. The van der Waals surface area contributed by atoms with E-state index >= 15 is 0 Å². The van der Waals surface area contributed by atoms with Gasteiger partial charge in [0.1, 0.15) is 11.0 Å². The minimum atomic E-state index is -0.137. The summed E-state index contributed by atoms with van der Waals surface area (Å²) in [6.45, 7) is 2.42. The highest BCUT2D eigenvalue weighted by molar-refractivity contribution is 6.30. The molecule has 0 aliphatic heterocycles. The molecular formula is C13H12Cl2N2O. The third kappa shape index (κ3) is 2.92. The van der Waals surface area contributed by atoms with Gasteiger partial charge >= 0.3 is 0 Å². The van der Waals surface area contributed by atoms with Gasteiger partial charge in [0.15, 0.2) is 0 Å². The van der Waals surface area contributed by atoms with Crippen molar-refractivity contribution < 1.29 is 0 Å². The maximum atomic E-state index is 11.9. The van der Waals surface area contributed by atoms with Crippen LogP contribution in [-0.2, 0) is 13.0 Å². The first-order valence-corrected chi connectivity index (χ1v) is 6.36. The highest BCUT2D eigenvalue weighted by atomic mass is 35.5. The van der Waals surface area contributed by atoms with Gasteiger partial charge in [-0.2, -0.15) is 0 Å². The van der Waals surface area contributed by atoms with Crippen molar-refractivity contribution in [1.29, 1.82) is 0 Å². The van der Waals surface area contributed by atoms with E-state index in [1.54, 1.807) is 16.7 Å². The quantitative estimate of drug-likeness (QED) is 0.811. The summed E-state index contributed by atoms with van der Waals surface area (Å²) in [4.78, 5) is 16.1. The first-order chi connectivity index (χ1) is 8.60. The van der Waals surface area contributed by atoms with Gasteiger partial charge in [-0.05, 0) is 17.7 Å². The van der Waals surface area contributed by atoms with Gasteiger partial charge in [0.25, 0.3) is 5.56 Å². The van der Waals surface area contributed by atoms with E-state index in [4.69, 9.17) is 23.2 Å². The molecule has 0 bridgehead atoms. The van der Waals surface area contributed by atoms with Gasteiger partial charge in [0.05, 0.1) is 6.54 Å². The number of nitrogens with zero attached hydrogens (tertiary/aromatic N) is 2. The molecule has 94 valence electrons. The van der Waals surface area contributed by atoms with Crippen molar-refractivity contribution in [1.82, 2.24) is 9.55 Å². The lowest BCUT2D eigenvalue weighted by Gasteiger charge is -2.10. The third-order valence-corrected chi connectivity index (χ3v) is 3.07. The van der Waals surface area contributed by atoms with E-state index in [0.717, 1.165) is 5.56 Å². The largest absolute Gasteiger partial charge is 0.292 e. The molecule has 0 radical (unpaired) electrons. The SMILES string of the molecule is CCc1nc(Cl)cc(=O)n1Cc1ccc(Cl)cc1. The van der Waals surface area contributed by atoms with E-state index in [0.29, 0.717) is 23.8 Å². The molecule has 1 aromatic carbocycles. The number of hydrogen-bond acceptors (Lipinski definition) is 2. The number of aryl methyl sites for hydroxylation is 1. The van der Waals surface area contributed by atoms with Crippen LogP contribution in [0.4, 0.5) is 0 Å². The van der Waals surface area contributed by atoms with Crippen LogP contribution in [0.1, 0.15) is 18.3 Å². The third-order valence-electron chi connectivity index (χ3n) is 2.63. The van der Waals surface area contributed by atoms with E-state index in [1.165, 1.54) is 6.07 Å². The Labute approximate surface area is 115 Å². The molecule has 1 aromatic heterocycles. The molecule has 0 spiro atoms. The molecule has 0 fully saturated rings. The van der Waals surface area contributed by atoms with Gasteiger partial charge in [-0.15, -0.1) is 0 Å². The highest BCUT2D eigenvalue weighted by Crippen LogP contribution is 2.11. The number of hydrogen-bond donors (Lipinski definition) is 0. The fraction of sp³-hybridized carbons (Fsp3) is 0.231. The van der Waals surface area contributed by atoms with Gasteiger partial charge in [-0.25, -0.2) is 4.98 Å². The Balaban J connectivity index is 2.39. The second-order valence-corrected chi connectivity index (χ2v) is 4.72. The Kier molecular flexibility index (Phi) is 4.04. The molecule has 5 heteroatoms. The molecule has 0 N–H and O–H groups in total. The normalized spacial score (nSPS) is 10.6. The first-order valence-electron chi connectivity index (χ1n) is 5.61. The van der Waals surface area contributed by atoms with E-state index in [9.17, 15) is 4.79 Å². The molecule has 0 unspecified atom stereocenters. The predicted octanol–water partition coefficient (Wildman–Crippen LogP) is 3.16. The lowest BCUT2D eigenvalue weighted by Crippen LogP contribution is -2.24. The highest BCUT2D eigenvalue weighted by Gasteiger charge is 2.06. The zero-order valence-corrected chi connectivity index (χ0v) is 11.4. The smallest absolute Gasteiger partial charge is 0.255 e. The maximum absolute atomic E-state index is 11.9. The summed E-state index contributed by atoms with van der Waals surface area (Å²) < 4.78 is 1.62. The summed E-state index contributed by atoms with van der Waals surface area (Å²) >= 11 is 11.6. The maximum Gasteiger partial charge on any atom is 0.255 e. The lowest BCUT2D eigenvalue weighted by atomic mass is 10.2. The van der Waals surface area contributed by atoms with Crippen molar-refractivity contribution in [3.8, 4) is 0 Å². The minimum absolute atomic E-state index is 0.137. The second-order valence-electron chi connectivity index (χ2n) is 3.90. The van der Waals surface area contributed by atoms with Crippen LogP contribution < -0.4 is 5.56 Å². The second kappa shape index (κ2) is 5.55. The molecule has 0 saturated carbocycles. The van der Waals surface area contributed by atoms with E-state index in [1.807, 2.05) is 19.1 Å². The van der Waals surface area contributed by atoms with Crippen LogP contribution in [-0.4, -0.2) is 9.55 Å². The van der Waals surface area contributed by atoms with Gasteiger partial charge < -0.3 is 0 Å². The van der Waals surface area contributed by atoms with Gasteiger partial charge in [-0.1, -0.05) is 42.3 Å².